The van der Waals surface area contributed by atoms with Crippen molar-refractivity contribution in [3.05, 3.63) is 59.9 Å². The second-order valence-electron chi connectivity index (χ2n) is 6.50. The number of para-hydroxylation sites is 1. The maximum Gasteiger partial charge on any atom is 0.337 e. The van der Waals surface area contributed by atoms with Gasteiger partial charge in [0.05, 0.1) is 35.6 Å². The molecule has 0 radical (unpaired) electrons. The molecule has 0 saturated carbocycles. The predicted molar refractivity (Wildman–Crippen MR) is 122 cm³/mol. The average Bonchev–Trinajstić information content (AvgIpc) is 3.22. The highest BCUT2D eigenvalue weighted by molar-refractivity contribution is 7.22. The van der Waals surface area contributed by atoms with Crippen LogP contribution in [0.25, 0.3) is 10.2 Å². The molecule has 2 heterocycles. The van der Waals surface area contributed by atoms with Crippen LogP contribution in [0.1, 0.15) is 20.7 Å². The quantitative estimate of drug-likeness (QED) is 0.372. The molecule has 0 aliphatic rings. The van der Waals surface area contributed by atoms with Gasteiger partial charge in [-0.15, -0.1) is 0 Å². The summed E-state index contributed by atoms with van der Waals surface area (Å²) in [5.41, 5.74) is 8.08. The van der Waals surface area contributed by atoms with E-state index in [1.54, 1.807) is 0 Å². The molecule has 10 nitrogen and oxygen atoms in total. The summed E-state index contributed by atoms with van der Waals surface area (Å²) < 4.78 is 10.5. The monoisotopic (exact) mass is 450 g/mol. The van der Waals surface area contributed by atoms with E-state index < -0.39 is 11.9 Å². The normalized spacial score (nSPS) is 10.6. The van der Waals surface area contributed by atoms with Crippen molar-refractivity contribution in [3.8, 4) is 0 Å². The lowest BCUT2D eigenvalue weighted by molar-refractivity contribution is 0.0599. The molecule has 0 spiro atoms. The first-order chi connectivity index (χ1) is 15.5. The average molecular weight is 450 g/mol. The van der Waals surface area contributed by atoms with Crippen molar-refractivity contribution in [2.75, 3.05) is 30.6 Å². The Bertz CT molecular complexity index is 1260. The molecule has 0 aliphatic carbocycles. The summed E-state index contributed by atoms with van der Waals surface area (Å²) in [6.07, 6.45) is 1.33. The molecule has 0 fully saturated rings. The van der Waals surface area contributed by atoms with Gasteiger partial charge in [0.1, 0.15) is 12.0 Å². The fourth-order valence-electron chi connectivity index (χ4n) is 2.93. The van der Waals surface area contributed by atoms with Gasteiger partial charge in [-0.3, -0.25) is 0 Å². The number of carbonyl (C=O) groups excluding carboxylic acids is 2. The molecular formula is C21H18N6O4S. The first kappa shape index (κ1) is 21.0. The number of nitrogen functional groups attached to an aromatic ring is 1. The van der Waals surface area contributed by atoms with Crippen molar-refractivity contribution in [1.82, 2.24) is 15.0 Å². The fourth-order valence-corrected chi connectivity index (χ4v) is 3.79. The summed E-state index contributed by atoms with van der Waals surface area (Å²) >= 11 is 1.46. The highest BCUT2D eigenvalue weighted by atomic mass is 32.1. The Hall–Kier alpha value is -4.25. The summed E-state index contributed by atoms with van der Waals surface area (Å²) in [4.78, 5) is 36.9. The number of ether oxygens (including phenoxy) is 2. The predicted octanol–water partition coefficient (Wildman–Crippen LogP) is 3.73. The molecule has 0 aliphatic heterocycles. The topological polar surface area (TPSA) is 141 Å². The van der Waals surface area contributed by atoms with Crippen molar-refractivity contribution in [2.24, 2.45) is 0 Å². The number of nitrogens with one attached hydrogen (secondary N) is 2. The highest BCUT2D eigenvalue weighted by Crippen LogP contribution is 2.32. The minimum absolute atomic E-state index is 0.165. The molecule has 0 saturated heterocycles. The summed E-state index contributed by atoms with van der Waals surface area (Å²) in [5.74, 6) is -0.569. The van der Waals surface area contributed by atoms with Crippen LogP contribution >= 0.6 is 11.3 Å². The minimum atomic E-state index is -0.604. The molecule has 4 N–H and O–H groups in total. The number of hydrogen-bond donors (Lipinski definition) is 3. The molecule has 32 heavy (non-hydrogen) atoms. The van der Waals surface area contributed by atoms with E-state index in [9.17, 15) is 9.59 Å². The molecule has 2 aromatic carbocycles. The van der Waals surface area contributed by atoms with Gasteiger partial charge in [-0.05, 0) is 30.3 Å². The molecule has 2 aromatic heterocycles. The van der Waals surface area contributed by atoms with E-state index in [2.05, 4.69) is 25.6 Å². The Kier molecular flexibility index (Phi) is 5.81. The molecule has 0 atom stereocenters. The van der Waals surface area contributed by atoms with Crippen LogP contribution in [0.5, 0.6) is 0 Å². The number of esters is 2. The van der Waals surface area contributed by atoms with Crippen molar-refractivity contribution in [2.45, 2.75) is 0 Å². The molecule has 4 rings (SSSR count). The van der Waals surface area contributed by atoms with Crippen molar-refractivity contribution in [3.63, 3.8) is 0 Å². The van der Waals surface area contributed by atoms with Crippen molar-refractivity contribution in [1.29, 1.82) is 0 Å². The van der Waals surface area contributed by atoms with E-state index in [0.717, 1.165) is 10.2 Å². The van der Waals surface area contributed by atoms with Crippen LogP contribution in [0.2, 0.25) is 0 Å². The second kappa shape index (κ2) is 8.86. The number of carbonyl (C=O) groups is 2. The fraction of sp³-hybridized carbons (Fsp3) is 0.0952. The first-order valence-corrected chi connectivity index (χ1v) is 10.1. The van der Waals surface area contributed by atoms with Crippen molar-refractivity contribution >= 4 is 61.6 Å². The third kappa shape index (κ3) is 4.27. The molecule has 4 aromatic rings. The van der Waals surface area contributed by atoms with Gasteiger partial charge in [0.15, 0.2) is 16.8 Å². The maximum atomic E-state index is 12.0. The lowest BCUT2D eigenvalue weighted by atomic mass is 10.1. The summed E-state index contributed by atoms with van der Waals surface area (Å²) in [7, 11) is 2.51. The largest absolute Gasteiger partial charge is 0.465 e. The van der Waals surface area contributed by atoms with Gasteiger partial charge in [-0.25, -0.2) is 24.5 Å². The zero-order valence-corrected chi connectivity index (χ0v) is 17.9. The number of nitrogens with zero attached hydrogens (tertiary/aromatic N) is 3. The van der Waals surface area contributed by atoms with E-state index in [-0.39, 0.29) is 22.6 Å². The van der Waals surface area contributed by atoms with Crippen LogP contribution in [-0.2, 0) is 9.47 Å². The van der Waals surface area contributed by atoms with Crippen molar-refractivity contribution < 1.29 is 19.1 Å². The van der Waals surface area contributed by atoms with Gasteiger partial charge in [0.25, 0.3) is 0 Å². The zero-order valence-electron chi connectivity index (χ0n) is 17.1. The van der Waals surface area contributed by atoms with E-state index in [4.69, 9.17) is 15.2 Å². The maximum absolute atomic E-state index is 12.0. The third-order valence-electron chi connectivity index (χ3n) is 4.44. The van der Waals surface area contributed by atoms with Gasteiger partial charge in [0, 0.05) is 5.69 Å². The van der Waals surface area contributed by atoms with E-state index in [1.165, 1.54) is 50.1 Å². The van der Waals surface area contributed by atoms with Gasteiger partial charge < -0.3 is 25.8 Å². The number of nitrogens with two attached hydrogens (primary N) is 1. The number of fused-ring (bicyclic) bond motifs is 1. The number of thiazole rings is 1. The Balaban J connectivity index is 1.65. The first-order valence-electron chi connectivity index (χ1n) is 9.30. The number of methoxy groups -OCH3 is 2. The molecular weight excluding hydrogens is 432 g/mol. The van der Waals surface area contributed by atoms with Crippen LogP contribution < -0.4 is 16.4 Å². The molecule has 162 valence electrons. The standard InChI is InChI=1S/C21H18N6O4S/c1-30-19(28)11-7-12(20(29)31-2)9-13(8-11)25-17-16(22)18(24-10-23-17)27-21-26-14-5-3-4-6-15(14)32-21/h3-10H,22H2,1-2H3,(H2,23,24,25,26,27). The van der Waals surface area contributed by atoms with Crippen LogP contribution in [-0.4, -0.2) is 41.1 Å². The highest BCUT2D eigenvalue weighted by Gasteiger charge is 2.16. The summed E-state index contributed by atoms with van der Waals surface area (Å²) in [6, 6.07) is 12.2. The van der Waals surface area contributed by atoms with E-state index in [0.29, 0.717) is 16.6 Å². The van der Waals surface area contributed by atoms with Crippen LogP contribution in [0, 0.1) is 0 Å². The Morgan fingerprint density at radius 2 is 1.56 bits per heavy atom. The molecule has 11 heteroatoms. The molecule has 0 amide bonds. The van der Waals surface area contributed by atoms with Gasteiger partial charge in [0.2, 0.25) is 0 Å². The zero-order chi connectivity index (χ0) is 22.7. The van der Waals surface area contributed by atoms with Crippen LogP contribution in [0.3, 0.4) is 0 Å². The van der Waals surface area contributed by atoms with E-state index >= 15 is 0 Å². The molecule has 0 unspecified atom stereocenters. The van der Waals surface area contributed by atoms with E-state index in [1.807, 2.05) is 24.3 Å². The Morgan fingerprint density at radius 3 is 2.19 bits per heavy atom. The molecule has 0 bridgehead atoms. The van der Waals surface area contributed by atoms with Crippen LogP contribution in [0.4, 0.5) is 28.1 Å². The number of rotatable bonds is 6. The summed E-state index contributed by atoms with van der Waals surface area (Å²) in [6.45, 7) is 0. The second-order valence-corrected chi connectivity index (χ2v) is 7.53. The van der Waals surface area contributed by atoms with Gasteiger partial charge in [-0.2, -0.15) is 0 Å². The number of anilines is 5. The Morgan fingerprint density at radius 1 is 0.938 bits per heavy atom. The lowest BCUT2D eigenvalue weighted by Crippen LogP contribution is -2.09. The number of hydrogen-bond acceptors (Lipinski definition) is 11. The van der Waals surface area contributed by atoms with Gasteiger partial charge in [-0.1, -0.05) is 23.5 Å². The Labute approximate surface area is 186 Å². The summed E-state index contributed by atoms with van der Waals surface area (Å²) in [5, 5.41) is 6.75. The smallest absolute Gasteiger partial charge is 0.337 e. The number of benzene rings is 2. The SMILES string of the molecule is COC(=O)c1cc(Nc2ncnc(Nc3nc4ccccc4s3)c2N)cc(C(=O)OC)c1. The minimum Gasteiger partial charge on any atom is -0.465 e. The van der Waals surface area contributed by atoms with Gasteiger partial charge >= 0.3 is 11.9 Å². The third-order valence-corrected chi connectivity index (χ3v) is 5.39. The lowest BCUT2D eigenvalue weighted by Gasteiger charge is -2.13. The van der Waals surface area contributed by atoms with Crippen LogP contribution in [0.15, 0.2) is 48.8 Å². The number of aromatic nitrogens is 3.